The van der Waals surface area contributed by atoms with E-state index < -0.39 is 0 Å². The second-order valence-corrected chi connectivity index (χ2v) is 5.82. The van der Waals surface area contributed by atoms with E-state index in [9.17, 15) is 9.90 Å². The third-order valence-corrected chi connectivity index (χ3v) is 4.23. The summed E-state index contributed by atoms with van der Waals surface area (Å²) in [6.45, 7) is 2.42. The number of carbonyl (C=O) groups is 1. The van der Waals surface area contributed by atoms with Gasteiger partial charge >= 0.3 is 6.03 Å². The van der Waals surface area contributed by atoms with E-state index in [4.69, 9.17) is 11.6 Å². The van der Waals surface area contributed by atoms with Gasteiger partial charge in [0, 0.05) is 23.2 Å². The van der Waals surface area contributed by atoms with Gasteiger partial charge in [0.25, 0.3) is 0 Å². The number of aliphatic hydroxyl groups excluding tert-OH is 1. The van der Waals surface area contributed by atoms with Gasteiger partial charge in [0.15, 0.2) is 0 Å². The van der Waals surface area contributed by atoms with Gasteiger partial charge in [-0.25, -0.2) is 4.79 Å². The minimum Gasteiger partial charge on any atom is -0.393 e. The molecule has 0 spiro atoms. The lowest BCUT2D eigenvalue weighted by molar-refractivity contribution is 0.0712. The highest BCUT2D eigenvalue weighted by Crippen LogP contribution is 2.23. The molecular weight excluding hydrogens is 276 g/mol. The molecule has 0 saturated heterocycles. The van der Waals surface area contributed by atoms with Crippen LogP contribution in [0.1, 0.15) is 31.2 Å². The highest BCUT2D eigenvalue weighted by Gasteiger charge is 2.23. The maximum atomic E-state index is 11.8. The van der Waals surface area contributed by atoms with E-state index in [1.807, 2.05) is 19.1 Å². The van der Waals surface area contributed by atoms with Crippen molar-refractivity contribution in [1.82, 2.24) is 5.32 Å². The number of nitrogens with one attached hydrogen (secondary N) is 2. The number of anilines is 1. The van der Waals surface area contributed by atoms with Gasteiger partial charge in [0.05, 0.1) is 6.10 Å². The molecular formula is C15H21ClN2O2. The molecule has 5 heteroatoms. The standard InChI is InChI=1S/C15H21ClN2O2/c1-10-6-7-12(8-13(10)16)18-15(20)17-9-11-4-2-3-5-14(11)19/h6-8,11,14,19H,2-5,9H2,1H3,(H2,17,18,20). The van der Waals surface area contributed by atoms with Crippen LogP contribution in [-0.4, -0.2) is 23.8 Å². The summed E-state index contributed by atoms with van der Waals surface area (Å²) in [5.41, 5.74) is 1.64. The fraction of sp³-hybridized carbons (Fsp3) is 0.533. The first-order chi connectivity index (χ1) is 9.56. The molecule has 2 amide bonds. The summed E-state index contributed by atoms with van der Waals surface area (Å²) in [5, 5.41) is 16.0. The average Bonchev–Trinajstić information content (AvgIpc) is 2.42. The van der Waals surface area contributed by atoms with Crippen molar-refractivity contribution in [3.8, 4) is 0 Å². The molecule has 20 heavy (non-hydrogen) atoms. The van der Waals surface area contributed by atoms with Gasteiger partial charge in [-0.3, -0.25) is 0 Å². The fourth-order valence-electron chi connectivity index (χ4n) is 2.50. The highest BCUT2D eigenvalue weighted by molar-refractivity contribution is 6.31. The van der Waals surface area contributed by atoms with Crippen molar-refractivity contribution >= 4 is 23.3 Å². The third-order valence-electron chi connectivity index (χ3n) is 3.82. The maximum absolute atomic E-state index is 11.8. The van der Waals surface area contributed by atoms with E-state index in [2.05, 4.69) is 10.6 Å². The van der Waals surface area contributed by atoms with Crippen LogP contribution in [-0.2, 0) is 0 Å². The molecule has 0 aromatic heterocycles. The average molecular weight is 297 g/mol. The van der Waals surface area contributed by atoms with E-state index in [-0.39, 0.29) is 18.1 Å². The van der Waals surface area contributed by atoms with Crippen molar-refractivity contribution in [3.63, 3.8) is 0 Å². The normalized spacial score (nSPS) is 22.4. The first kappa shape index (κ1) is 15.1. The number of hydrogen-bond donors (Lipinski definition) is 3. The van der Waals surface area contributed by atoms with Crippen LogP contribution < -0.4 is 10.6 Å². The third kappa shape index (κ3) is 4.12. The minimum absolute atomic E-state index is 0.163. The Morgan fingerprint density at radius 1 is 1.40 bits per heavy atom. The minimum atomic E-state index is -0.294. The number of hydrogen-bond acceptors (Lipinski definition) is 2. The SMILES string of the molecule is Cc1ccc(NC(=O)NCC2CCCCC2O)cc1Cl. The molecule has 4 nitrogen and oxygen atoms in total. The molecule has 1 fully saturated rings. The van der Waals surface area contributed by atoms with Crippen LogP contribution >= 0.6 is 11.6 Å². The Labute approximate surface area is 124 Å². The van der Waals surface area contributed by atoms with Gasteiger partial charge in [-0.15, -0.1) is 0 Å². The number of rotatable bonds is 3. The van der Waals surface area contributed by atoms with Crippen LogP contribution in [0.25, 0.3) is 0 Å². The molecule has 0 aliphatic heterocycles. The van der Waals surface area contributed by atoms with Gasteiger partial charge in [-0.2, -0.15) is 0 Å². The summed E-state index contributed by atoms with van der Waals surface area (Å²) in [6, 6.07) is 5.15. The number of aryl methyl sites for hydroxylation is 1. The first-order valence-electron chi connectivity index (χ1n) is 7.05. The predicted molar refractivity (Wildman–Crippen MR) is 81.2 cm³/mol. The summed E-state index contributed by atoms with van der Waals surface area (Å²) in [5.74, 6) is 0.163. The van der Waals surface area contributed by atoms with Crippen LogP contribution in [0.3, 0.4) is 0 Å². The van der Waals surface area contributed by atoms with E-state index in [1.54, 1.807) is 6.07 Å². The Bertz CT molecular complexity index is 479. The summed E-state index contributed by atoms with van der Waals surface area (Å²) in [4.78, 5) is 11.8. The zero-order chi connectivity index (χ0) is 14.5. The number of aliphatic hydroxyl groups is 1. The molecule has 110 valence electrons. The molecule has 1 aromatic carbocycles. The van der Waals surface area contributed by atoms with Crippen LogP contribution in [0, 0.1) is 12.8 Å². The molecule has 0 bridgehead atoms. The number of benzene rings is 1. The second-order valence-electron chi connectivity index (χ2n) is 5.41. The van der Waals surface area contributed by atoms with E-state index in [1.165, 1.54) is 0 Å². The molecule has 2 unspecified atom stereocenters. The summed E-state index contributed by atoms with van der Waals surface area (Å²) >= 11 is 6.01. The molecule has 0 radical (unpaired) electrons. The monoisotopic (exact) mass is 296 g/mol. The van der Waals surface area contributed by atoms with Crippen molar-refractivity contribution < 1.29 is 9.90 Å². The van der Waals surface area contributed by atoms with Crippen LogP contribution in [0.2, 0.25) is 5.02 Å². The highest BCUT2D eigenvalue weighted by atomic mass is 35.5. The number of halogens is 1. The molecule has 3 N–H and O–H groups in total. The molecule has 2 atom stereocenters. The molecule has 1 aromatic rings. The number of amides is 2. The molecule has 1 aliphatic carbocycles. The van der Waals surface area contributed by atoms with Crippen molar-refractivity contribution in [2.24, 2.45) is 5.92 Å². The lowest BCUT2D eigenvalue weighted by Crippen LogP contribution is -2.38. The summed E-state index contributed by atoms with van der Waals surface area (Å²) in [7, 11) is 0. The fourth-order valence-corrected chi connectivity index (χ4v) is 2.68. The number of carbonyl (C=O) groups excluding carboxylic acids is 1. The molecule has 2 rings (SSSR count). The Hall–Kier alpha value is -1.26. The Morgan fingerprint density at radius 3 is 2.85 bits per heavy atom. The van der Waals surface area contributed by atoms with Crippen LogP contribution in [0.4, 0.5) is 10.5 Å². The second kappa shape index (κ2) is 6.95. The quantitative estimate of drug-likeness (QED) is 0.801. The van der Waals surface area contributed by atoms with Gasteiger partial charge in [0.1, 0.15) is 0 Å². The van der Waals surface area contributed by atoms with Crippen molar-refractivity contribution in [3.05, 3.63) is 28.8 Å². The van der Waals surface area contributed by atoms with E-state index in [0.717, 1.165) is 31.2 Å². The largest absolute Gasteiger partial charge is 0.393 e. The Morgan fingerprint density at radius 2 is 2.15 bits per heavy atom. The molecule has 1 saturated carbocycles. The van der Waals surface area contributed by atoms with Crippen LogP contribution in [0.15, 0.2) is 18.2 Å². The Kier molecular flexibility index (Phi) is 5.26. The maximum Gasteiger partial charge on any atom is 0.319 e. The smallest absolute Gasteiger partial charge is 0.319 e. The Balaban J connectivity index is 1.81. The molecule has 0 heterocycles. The number of urea groups is 1. The summed E-state index contributed by atoms with van der Waals surface area (Å²) < 4.78 is 0. The van der Waals surface area contributed by atoms with Gasteiger partial charge < -0.3 is 15.7 Å². The first-order valence-corrected chi connectivity index (χ1v) is 7.43. The summed E-state index contributed by atoms with van der Waals surface area (Å²) in [6.07, 6.45) is 3.71. The van der Waals surface area contributed by atoms with Crippen LogP contribution in [0.5, 0.6) is 0 Å². The van der Waals surface area contributed by atoms with Gasteiger partial charge in [-0.1, -0.05) is 30.5 Å². The van der Waals surface area contributed by atoms with Gasteiger partial charge in [-0.05, 0) is 37.5 Å². The lowest BCUT2D eigenvalue weighted by atomic mass is 9.86. The van der Waals surface area contributed by atoms with Crippen molar-refractivity contribution in [1.29, 1.82) is 0 Å². The van der Waals surface area contributed by atoms with Crippen molar-refractivity contribution in [2.45, 2.75) is 38.7 Å². The zero-order valence-corrected chi connectivity index (χ0v) is 12.4. The topological polar surface area (TPSA) is 61.4 Å². The van der Waals surface area contributed by atoms with Crippen molar-refractivity contribution in [2.75, 3.05) is 11.9 Å². The van der Waals surface area contributed by atoms with Gasteiger partial charge in [0.2, 0.25) is 0 Å². The lowest BCUT2D eigenvalue weighted by Gasteiger charge is -2.27. The zero-order valence-electron chi connectivity index (χ0n) is 11.7. The van der Waals surface area contributed by atoms with E-state index in [0.29, 0.717) is 17.3 Å². The molecule has 1 aliphatic rings. The van der Waals surface area contributed by atoms with E-state index >= 15 is 0 Å². The predicted octanol–water partition coefficient (Wildman–Crippen LogP) is 3.32.